The Balaban J connectivity index is 2.19. The maximum atomic E-state index is 13.3. The van der Waals surface area contributed by atoms with E-state index in [4.69, 9.17) is 4.74 Å². The predicted molar refractivity (Wildman–Crippen MR) is 135 cm³/mol. The Labute approximate surface area is 202 Å². The van der Waals surface area contributed by atoms with E-state index in [1.807, 2.05) is 75.3 Å². The number of hydrogen-bond donors (Lipinski definition) is 1. The highest BCUT2D eigenvalue weighted by atomic mass is 16.5. The molecule has 1 amide bonds. The SMILES string of the molecule is CCOc1ccc(C2/C(=C(\O)c3cc(C(C)(C)C)ccc3C)C(=O)C(=O)N2CCN(C)C)cc1. The summed E-state index contributed by atoms with van der Waals surface area (Å²) >= 11 is 0. The van der Waals surface area contributed by atoms with Crippen molar-refractivity contribution in [3.8, 4) is 5.75 Å². The molecule has 1 atom stereocenters. The van der Waals surface area contributed by atoms with Gasteiger partial charge >= 0.3 is 0 Å². The molecule has 0 spiro atoms. The molecule has 0 aliphatic carbocycles. The molecule has 2 aromatic rings. The number of ketones is 1. The summed E-state index contributed by atoms with van der Waals surface area (Å²) in [7, 11) is 3.84. The standard InChI is InChI=1S/C28H36N2O4/c1-8-34-21-13-10-19(11-14-21)24-23(26(32)27(33)30(24)16-15-29(6)7)25(31)22-17-20(28(3,4)5)12-9-18(22)2/h9-14,17,24,31H,8,15-16H2,1-7H3/b25-23+. The van der Waals surface area contributed by atoms with Gasteiger partial charge in [-0.05, 0) is 68.2 Å². The summed E-state index contributed by atoms with van der Waals surface area (Å²) in [5.41, 5.74) is 3.22. The Morgan fingerprint density at radius 3 is 2.29 bits per heavy atom. The van der Waals surface area contributed by atoms with Crippen LogP contribution in [0, 0.1) is 6.92 Å². The summed E-state index contributed by atoms with van der Waals surface area (Å²) < 4.78 is 5.56. The topological polar surface area (TPSA) is 70.1 Å². The molecule has 182 valence electrons. The van der Waals surface area contributed by atoms with Gasteiger partial charge in [-0.3, -0.25) is 9.59 Å². The van der Waals surface area contributed by atoms with Crippen LogP contribution in [-0.4, -0.2) is 60.4 Å². The van der Waals surface area contributed by atoms with Crippen molar-refractivity contribution in [2.75, 3.05) is 33.8 Å². The fourth-order valence-corrected chi connectivity index (χ4v) is 4.17. The zero-order valence-electron chi connectivity index (χ0n) is 21.3. The quantitative estimate of drug-likeness (QED) is 0.366. The molecular formula is C28H36N2O4. The Kier molecular flexibility index (Phi) is 7.51. The van der Waals surface area contributed by atoms with Gasteiger partial charge in [-0.25, -0.2) is 0 Å². The van der Waals surface area contributed by atoms with Crippen LogP contribution in [0.3, 0.4) is 0 Å². The third-order valence-corrected chi connectivity index (χ3v) is 6.19. The molecule has 1 aliphatic heterocycles. The zero-order valence-corrected chi connectivity index (χ0v) is 21.3. The summed E-state index contributed by atoms with van der Waals surface area (Å²) in [5, 5.41) is 11.5. The average molecular weight is 465 g/mol. The molecule has 6 nitrogen and oxygen atoms in total. The number of amides is 1. The van der Waals surface area contributed by atoms with Crippen molar-refractivity contribution in [2.24, 2.45) is 0 Å². The first-order valence-electron chi connectivity index (χ1n) is 11.7. The van der Waals surface area contributed by atoms with E-state index in [1.165, 1.54) is 0 Å². The minimum atomic E-state index is -0.673. The number of likely N-dealkylation sites (tertiary alicyclic amines) is 1. The monoisotopic (exact) mass is 464 g/mol. The van der Waals surface area contributed by atoms with Crippen LogP contribution >= 0.6 is 0 Å². The van der Waals surface area contributed by atoms with E-state index >= 15 is 0 Å². The number of aliphatic hydroxyl groups excluding tert-OH is 1. The van der Waals surface area contributed by atoms with E-state index in [0.29, 0.717) is 31.0 Å². The summed E-state index contributed by atoms with van der Waals surface area (Å²) in [6.45, 7) is 11.6. The van der Waals surface area contributed by atoms with Crippen LogP contribution in [0.1, 0.15) is 56.0 Å². The molecule has 0 saturated carbocycles. The van der Waals surface area contributed by atoms with Gasteiger partial charge in [0.15, 0.2) is 0 Å². The first-order chi connectivity index (χ1) is 16.0. The van der Waals surface area contributed by atoms with E-state index < -0.39 is 17.7 Å². The molecule has 1 saturated heterocycles. The summed E-state index contributed by atoms with van der Waals surface area (Å²) in [6, 6.07) is 12.6. The van der Waals surface area contributed by atoms with Gasteiger partial charge in [0, 0.05) is 18.7 Å². The van der Waals surface area contributed by atoms with Crippen molar-refractivity contribution in [1.29, 1.82) is 0 Å². The Hall–Kier alpha value is -3.12. The maximum absolute atomic E-state index is 13.3. The third kappa shape index (κ3) is 5.17. The molecule has 1 unspecified atom stereocenters. The lowest BCUT2D eigenvalue weighted by atomic mass is 9.84. The first-order valence-corrected chi connectivity index (χ1v) is 11.7. The highest BCUT2D eigenvalue weighted by molar-refractivity contribution is 6.46. The predicted octanol–water partition coefficient (Wildman–Crippen LogP) is 4.67. The number of aryl methyl sites for hydroxylation is 1. The van der Waals surface area contributed by atoms with Crippen molar-refractivity contribution >= 4 is 17.4 Å². The van der Waals surface area contributed by atoms with Gasteiger partial charge in [-0.1, -0.05) is 45.0 Å². The molecule has 6 heteroatoms. The zero-order chi connectivity index (χ0) is 25.2. The number of carbonyl (C=O) groups is 2. The fraction of sp³-hybridized carbons (Fsp3) is 0.429. The molecule has 0 aromatic heterocycles. The van der Waals surface area contributed by atoms with Gasteiger partial charge in [0.1, 0.15) is 11.5 Å². The van der Waals surface area contributed by atoms with Crippen molar-refractivity contribution in [3.05, 3.63) is 70.3 Å². The molecule has 34 heavy (non-hydrogen) atoms. The second kappa shape index (κ2) is 10.0. The summed E-state index contributed by atoms with van der Waals surface area (Å²) in [6.07, 6.45) is 0. The number of nitrogens with zero attached hydrogens (tertiary/aromatic N) is 2. The first kappa shape index (κ1) is 25.5. The molecule has 1 aliphatic rings. The van der Waals surface area contributed by atoms with Gasteiger partial charge in [-0.2, -0.15) is 0 Å². The largest absolute Gasteiger partial charge is 0.507 e. The normalized spacial score (nSPS) is 18.1. The number of Topliss-reactive ketones (excluding diaryl/α,β-unsaturated/α-hetero) is 1. The number of aliphatic hydroxyl groups is 1. The van der Waals surface area contributed by atoms with Gasteiger partial charge in [0.25, 0.3) is 11.7 Å². The van der Waals surface area contributed by atoms with E-state index in [0.717, 1.165) is 16.7 Å². The maximum Gasteiger partial charge on any atom is 0.295 e. The second-order valence-electron chi connectivity index (χ2n) is 10.1. The van der Waals surface area contributed by atoms with Crippen LogP contribution in [0.2, 0.25) is 0 Å². The number of ether oxygens (including phenoxy) is 1. The lowest BCUT2D eigenvalue weighted by molar-refractivity contribution is -0.140. The number of likely N-dealkylation sites (N-methyl/N-ethyl adjacent to an activating group) is 1. The van der Waals surface area contributed by atoms with Crippen LogP contribution in [-0.2, 0) is 15.0 Å². The van der Waals surface area contributed by atoms with Crippen molar-refractivity contribution in [1.82, 2.24) is 9.80 Å². The van der Waals surface area contributed by atoms with Crippen molar-refractivity contribution < 1.29 is 19.4 Å². The minimum Gasteiger partial charge on any atom is -0.507 e. The highest BCUT2D eigenvalue weighted by Crippen LogP contribution is 2.40. The molecule has 3 rings (SSSR count). The number of carbonyl (C=O) groups excluding carboxylic acids is 2. The van der Waals surface area contributed by atoms with E-state index in [9.17, 15) is 14.7 Å². The van der Waals surface area contributed by atoms with Crippen LogP contribution < -0.4 is 4.74 Å². The second-order valence-corrected chi connectivity index (χ2v) is 10.1. The molecule has 1 heterocycles. The number of rotatable bonds is 7. The van der Waals surface area contributed by atoms with Crippen LogP contribution in [0.25, 0.3) is 5.76 Å². The number of hydrogen-bond acceptors (Lipinski definition) is 5. The molecule has 0 bridgehead atoms. The van der Waals surface area contributed by atoms with Crippen LogP contribution in [0.4, 0.5) is 0 Å². The van der Waals surface area contributed by atoms with E-state index in [1.54, 1.807) is 4.90 Å². The lowest BCUT2D eigenvalue weighted by Gasteiger charge is -2.27. The molecule has 1 fully saturated rings. The van der Waals surface area contributed by atoms with Gasteiger partial charge in [0.05, 0.1) is 18.2 Å². The lowest BCUT2D eigenvalue weighted by Crippen LogP contribution is -2.35. The molecular weight excluding hydrogens is 428 g/mol. The fourth-order valence-electron chi connectivity index (χ4n) is 4.17. The highest BCUT2D eigenvalue weighted by Gasteiger charge is 2.46. The van der Waals surface area contributed by atoms with Crippen molar-refractivity contribution in [2.45, 2.75) is 46.1 Å². The third-order valence-electron chi connectivity index (χ3n) is 6.19. The Bertz CT molecular complexity index is 1090. The van der Waals surface area contributed by atoms with Gasteiger partial charge < -0.3 is 19.6 Å². The summed E-state index contributed by atoms with van der Waals surface area (Å²) in [4.78, 5) is 29.9. The summed E-state index contributed by atoms with van der Waals surface area (Å²) in [5.74, 6) is -0.666. The Morgan fingerprint density at radius 1 is 1.09 bits per heavy atom. The smallest absolute Gasteiger partial charge is 0.295 e. The molecule has 0 radical (unpaired) electrons. The van der Waals surface area contributed by atoms with Gasteiger partial charge in [0.2, 0.25) is 0 Å². The van der Waals surface area contributed by atoms with Crippen LogP contribution in [0.5, 0.6) is 5.75 Å². The molecule has 1 N–H and O–H groups in total. The number of benzene rings is 2. The van der Waals surface area contributed by atoms with Crippen LogP contribution in [0.15, 0.2) is 48.0 Å². The Morgan fingerprint density at radius 2 is 1.74 bits per heavy atom. The van der Waals surface area contributed by atoms with Gasteiger partial charge in [-0.15, -0.1) is 0 Å². The van der Waals surface area contributed by atoms with Crippen molar-refractivity contribution in [3.63, 3.8) is 0 Å². The van der Waals surface area contributed by atoms with E-state index in [-0.39, 0.29) is 16.7 Å². The average Bonchev–Trinajstić information content (AvgIpc) is 3.02. The molecule has 2 aromatic carbocycles. The minimum absolute atomic E-state index is 0.127. The van der Waals surface area contributed by atoms with E-state index in [2.05, 4.69) is 20.8 Å².